The average molecular weight is 302 g/mol. The summed E-state index contributed by atoms with van der Waals surface area (Å²) in [5.74, 6) is 0. The number of benzene rings is 1. The Morgan fingerprint density at radius 2 is 1.86 bits per heavy atom. The highest BCUT2D eigenvalue weighted by Gasteiger charge is 2.38. The Morgan fingerprint density at radius 3 is 2.48 bits per heavy atom. The molecule has 0 spiro atoms. The minimum Gasteiger partial charge on any atom is -0.410 e. The summed E-state index contributed by atoms with van der Waals surface area (Å²) in [5, 5.41) is 1.31. The van der Waals surface area contributed by atoms with Crippen molar-refractivity contribution in [3.63, 3.8) is 0 Å². The number of pyridine rings is 1. The molecule has 1 aromatic carbocycles. The number of hydrogen-bond donors (Lipinski definition) is 1. The second-order valence-corrected chi connectivity index (χ2v) is 12.0. The molecule has 0 radical (unpaired) electrons. The number of aromatic nitrogens is 1. The fourth-order valence-electron chi connectivity index (χ4n) is 2.06. The lowest BCUT2D eigenvalue weighted by atomic mass is 10.1. The summed E-state index contributed by atoms with van der Waals surface area (Å²) in [7, 11) is -1.77. The van der Waals surface area contributed by atoms with Crippen molar-refractivity contribution >= 4 is 24.9 Å². The Kier molecular flexibility index (Phi) is 4.13. The molecule has 0 aliphatic carbocycles. The SMILES string of the molecule is CC(O[Si](C)(C)C(C)(C)C)c1cnc2cc(N)ccc2c1. The average Bonchev–Trinajstić information content (AvgIpc) is 2.36. The summed E-state index contributed by atoms with van der Waals surface area (Å²) in [6, 6.07) is 7.98. The van der Waals surface area contributed by atoms with Gasteiger partial charge in [0.1, 0.15) is 0 Å². The van der Waals surface area contributed by atoms with Gasteiger partial charge in [-0.15, -0.1) is 0 Å². The summed E-state index contributed by atoms with van der Waals surface area (Å²) in [4.78, 5) is 4.51. The van der Waals surface area contributed by atoms with Gasteiger partial charge in [-0.3, -0.25) is 4.98 Å². The van der Waals surface area contributed by atoms with Crippen LogP contribution in [0.2, 0.25) is 18.1 Å². The van der Waals surface area contributed by atoms with Gasteiger partial charge in [-0.1, -0.05) is 26.8 Å². The Balaban J connectivity index is 2.28. The first kappa shape index (κ1) is 16.0. The van der Waals surface area contributed by atoms with E-state index in [4.69, 9.17) is 10.2 Å². The third kappa shape index (κ3) is 3.44. The van der Waals surface area contributed by atoms with Crippen LogP contribution in [0.4, 0.5) is 5.69 Å². The molecule has 0 bridgehead atoms. The summed E-state index contributed by atoms with van der Waals surface area (Å²) in [6.07, 6.45) is 1.96. The fourth-order valence-corrected chi connectivity index (χ4v) is 3.44. The van der Waals surface area contributed by atoms with Gasteiger partial charge < -0.3 is 10.2 Å². The van der Waals surface area contributed by atoms with Gasteiger partial charge in [0.05, 0.1) is 11.6 Å². The summed E-state index contributed by atoms with van der Waals surface area (Å²) < 4.78 is 6.44. The Morgan fingerprint density at radius 1 is 1.19 bits per heavy atom. The van der Waals surface area contributed by atoms with Gasteiger partial charge in [-0.2, -0.15) is 0 Å². The van der Waals surface area contributed by atoms with Gasteiger partial charge in [-0.05, 0) is 48.8 Å². The first-order valence-corrected chi connectivity index (χ1v) is 10.3. The van der Waals surface area contributed by atoms with E-state index >= 15 is 0 Å². The van der Waals surface area contributed by atoms with Crippen molar-refractivity contribution in [3.8, 4) is 0 Å². The standard InChI is InChI=1S/C17H26N2OSi/c1-12(20-21(5,6)17(2,3)4)14-9-13-7-8-15(18)10-16(13)19-11-14/h7-12H,18H2,1-6H3. The van der Waals surface area contributed by atoms with Crippen LogP contribution >= 0.6 is 0 Å². The molecular formula is C17H26N2OSi. The van der Waals surface area contributed by atoms with Gasteiger partial charge in [0.15, 0.2) is 8.32 Å². The molecule has 1 atom stereocenters. The summed E-state index contributed by atoms with van der Waals surface area (Å²) in [5.41, 5.74) is 8.59. The maximum atomic E-state index is 6.44. The summed E-state index contributed by atoms with van der Waals surface area (Å²) >= 11 is 0. The van der Waals surface area contributed by atoms with Gasteiger partial charge in [0.2, 0.25) is 0 Å². The van der Waals surface area contributed by atoms with Crippen molar-refractivity contribution in [2.75, 3.05) is 5.73 Å². The van der Waals surface area contributed by atoms with E-state index in [1.807, 2.05) is 24.4 Å². The van der Waals surface area contributed by atoms with E-state index in [1.54, 1.807) is 0 Å². The monoisotopic (exact) mass is 302 g/mol. The molecule has 4 heteroatoms. The van der Waals surface area contributed by atoms with Crippen molar-refractivity contribution in [2.24, 2.45) is 0 Å². The van der Waals surface area contributed by atoms with Gasteiger partial charge >= 0.3 is 0 Å². The van der Waals surface area contributed by atoms with E-state index in [9.17, 15) is 0 Å². The first-order valence-electron chi connectivity index (χ1n) is 7.43. The molecule has 0 aliphatic rings. The highest BCUT2D eigenvalue weighted by molar-refractivity contribution is 6.74. The van der Waals surface area contributed by atoms with Crippen LogP contribution in [0.1, 0.15) is 39.4 Å². The molecule has 0 saturated carbocycles. The van der Waals surface area contributed by atoms with E-state index in [-0.39, 0.29) is 11.1 Å². The van der Waals surface area contributed by atoms with Gasteiger partial charge in [0, 0.05) is 17.3 Å². The zero-order valence-corrected chi connectivity index (χ0v) is 14.9. The quantitative estimate of drug-likeness (QED) is 0.648. The predicted molar refractivity (Wildman–Crippen MR) is 92.9 cm³/mol. The Hall–Kier alpha value is -1.39. The molecule has 21 heavy (non-hydrogen) atoms. The molecule has 2 rings (SSSR count). The molecular weight excluding hydrogens is 276 g/mol. The van der Waals surface area contributed by atoms with Crippen LogP contribution in [0.15, 0.2) is 30.5 Å². The molecule has 2 aromatic rings. The first-order chi connectivity index (χ1) is 9.60. The van der Waals surface area contributed by atoms with Crippen molar-refractivity contribution < 1.29 is 4.43 Å². The smallest absolute Gasteiger partial charge is 0.192 e. The van der Waals surface area contributed by atoms with Crippen molar-refractivity contribution in [1.29, 1.82) is 0 Å². The molecule has 0 amide bonds. The third-order valence-corrected chi connectivity index (χ3v) is 9.03. The molecule has 0 fully saturated rings. The van der Waals surface area contributed by atoms with Crippen LogP contribution in [-0.2, 0) is 4.43 Å². The highest BCUT2D eigenvalue weighted by Crippen LogP contribution is 2.39. The van der Waals surface area contributed by atoms with Gasteiger partial charge in [0.25, 0.3) is 0 Å². The topological polar surface area (TPSA) is 48.1 Å². The third-order valence-electron chi connectivity index (χ3n) is 4.48. The molecule has 0 saturated heterocycles. The van der Waals surface area contributed by atoms with Crippen molar-refractivity contribution in [1.82, 2.24) is 4.98 Å². The number of fused-ring (bicyclic) bond motifs is 1. The largest absolute Gasteiger partial charge is 0.410 e. The molecule has 2 N–H and O–H groups in total. The predicted octanol–water partition coefficient (Wildman–Crippen LogP) is 4.90. The molecule has 1 aromatic heterocycles. The second-order valence-electron chi connectivity index (χ2n) is 7.24. The molecule has 114 valence electrons. The van der Waals surface area contributed by atoms with Gasteiger partial charge in [-0.25, -0.2) is 0 Å². The number of nitrogens with zero attached hydrogens (tertiary/aromatic N) is 1. The van der Waals surface area contributed by atoms with Crippen LogP contribution < -0.4 is 5.73 Å². The zero-order valence-electron chi connectivity index (χ0n) is 13.9. The summed E-state index contributed by atoms with van der Waals surface area (Å²) in [6.45, 7) is 13.4. The van der Waals surface area contributed by atoms with Crippen LogP contribution in [0, 0.1) is 0 Å². The van der Waals surface area contributed by atoms with E-state index < -0.39 is 8.32 Å². The minimum atomic E-state index is -1.77. The Bertz CT molecular complexity index is 647. The highest BCUT2D eigenvalue weighted by atomic mass is 28.4. The van der Waals surface area contributed by atoms with E-state index in [1.165, 1.54) is 0 Å². The van der Waals surface area contributed by atoms with Crippen LogP contribution in [0.5, 0.6) is 0 Å². The zero-order chi connectivity index (χ0) is 15.8. The van der Waals surface area contributed by atoms with Crippen LogP contribution in [0.25, 0.3) is 10.9 Å². The van der Waals surface area contributed by atoms with E-state index in [0.717, 1.165) is 22.2 Å². The minimum absolute atomic E-state index is 0.0559. The molecule has 0 aliphatic heterocycles. The number of hydrogen-bond acceptors (Lipinski definition) is 3. The van der Waals surface area contributed by atoms with E-state index in [2.05, 4.69) is 51.8 Å². The normalized spacial score (nSPS) is 14.4. The molecule has 1 unspecified atom stereocenters. The van der Waals surface area contributed by atoms with Crippen LogP contribution in [-0.4, -0.2) is 13.3 Å². The fraction of sp³-hybridized carbons (Fsp3) is 0.471. The number of nitrogens with two attached hydrogens (primary N) is 1. The van der Waals surface area contributed by atoms with Crippen molar-refractivity contribution in [3.05, 3.63) is 36.0 Å². The molecule has 1 heterocycles. The maximum Gasteiger partial charge on any atom is 0.192 e. The number of rotatable bonds is 3. The lowest BCUT2D eigenvalue weighted by Crippen LogP contribution is -2.41. The second kappa shape index (κ2) is 5.43. The van der Waals surface area contributed by atoms with Crippen LogP contribution in [0.3, 0.4) is 0 Å². The number of nitrogen functional groups attached to an aromatic ring is 1. The molecule has 3 nitrogen and oxygen atoms in total. The lowest BCUT2D eigenvalue weighted by molar-refractivity contribution is 0.203. The maximum absolute atomic E-state index is 6.44. The van der Waals surface area contributed by atoms with E-state index in [0.29, 0.717) is 0 Å². The Labute approximate surface area is 128 Å². The number of anilines is 1. The van der Waals surface area contributed by atoms with Crippen molar-refractivity contribution in [2.45, 2.75) is 51.9 Å². The lowest BCUT2D eigenvalue weighted by Gasteiger charge is -2.38.